The normalized spacial score (nSPS) is 35.7. The van der Waals surface area contributed by atoms with Gasteiger partial charge in [-0.15, -0.1) is 11.6 Å². The number of hydrogen-bond donors (Lipinski definition) is 0. The van der Waals surface area contributed by atoms with Crippen LogP contribution in [0.2, 0.25) is 0 Å². The van der Waals surface area contributed by atoms with Gasteiger partial charge in [-0.2, -0.15) is 0 Å². The van der Waals surface area contributed by atoms with Crippen LogP contribution in [0.3, 0.4) is 0 Å². The van der Waals surface area contributed by atoms with Crippen molar-refractivity contribution in [3.05, 3.63) is 5.92 Å². The summed E-state index contributed by atoms with van der Waals surface area (Å²) in [7, 11) is 0. The van der Waals surface area contributed by atoms with Crippen LogP contribution in [0, 0.1) is 17.8 Å². The van der Waals surface area contributed by atoms with Crippen LogP contribution in [-0.2, 0) is 0 Å². The van der Waals surface area contributed by atoms with Gasteiger partial charge in [0.05, 0.1) is 0 Å². The van der Waals surface area contributed by atoms with Gasteiger partial charge in [0.15, 0.2) is 0 Å². The quantitative estimate of drug-likeness (QED) is 0.525. The Hall–Kier alpha value is 0.290. The molecule has 0 aromatic rings. The van der Waals surface area contributed by atoms with Crippen molar-refractivity contribution in [2.75, 3.05) is 0 Å². The Kier molecular flexibility index (Phi) is 2.05. The summed E-state index contributed by atoms with van der Waals surface area (Å²) in [5.74, 6) is 3.05. The molecule has 2 atom stereocenters. The molecule has 1 aliphatic rings. The van der Waals surface area contributed by atoms with Gasteiger partial charge in [0.25, 0.3) is 0 Å². The third-order valence-electron chi connectivity index (χ3n) is 2.12. The SMILES string of the molecule is CC[C]1C(Cl)C1C(C)C. The van der Waals surface area contributed by atoms with E-state index >= 15 is 0 Å². The number of hydrogen-bond acceptors (Lipinski definition) is 0. The van der Waals surface area contributed by atoms with E-state index in [1.54, 1.807) is 5.92 Å². The fourth-order valence-electron chi connectivity index (χ4n) is 1.50. The summed E-state index contributed by atoms with van der Waals surface area (Å²) in [6.45, 7) is 6.67. The summed E-state index contributed by atoms with van der Waals surface area (Å²) >= 11 is 5.98. The van der Waals surface area contributed by atoms with E-state index in [9.17, 15) is 0 Å². The third-order valence-corrected chi connectivity index (χ3v) is 2.67. The molecule has 0 aromatic heterocycles. The standard InChI is InChI=1S/C8H14Cl/c1-4-6-7(5(2)3)8(6)9/h5,7-8H,4H2,1-3H3. The Bertz CT molecular complexity index is 98.7. The fourth-order valence-corrected chi connectivity index (χ4v) is 2.18. The van der Waals surface area contributed by atoms with E-state index in [2.05, 4.69) is 20.8 Å². The summed E-state index contributed by atoms with van der Waals surface area (Å²) < 4.78 is 0. The van der Waals surface area contributed by atoms with Crippen LogP contribution >= 0.6 is 11.6 Å². The molecular formula is C8H14Cl. The van der Waals surface area contributed by atoms with E-state index in [4.69, 9.17) is 11.6 Å². The van der Waals surface area contributed by atoms with Crippen LogP contribution in [0.1, 0.15) is 27.2 Å². The Labute approximate surface area is 62.6 Å². The van der Waals surface area contributed by atoms with Crippen LogP contribution < -0.4 is 0 Å². The maximum Gasteiger partial charge on any atom is 0.0438 e. The summed E-state index contributed by atoms with van der Waals surface area (Å²) in [5, 5.41) is 0.412. The lowest BCUT2D eigenvalue weighted by Gasteiger charge is -1.98. The second-order valence-corrected chi connectivity index (χ2v) is 3.57. The first-order valence-corrected chi connectivity index (χ1v) is 4.11. The van der Waals surface area contributed by atoms with Crippen molar-refractivity contribution in [3.8, 4) is 0 Å². The van der Waals surface area contributed by atoms with Crippen molar-refractivity contribution in [3.63, 3.8) is 0 Å². The summed E-state index contributed by atoms with van der Waals surface area (Å²) in [6.07, 6.45) is 1.18. The van der Waals surface area contributed by atoms with E-state index in [1.165, 1.54) is 6.42 Å². The molecule has 9 heavy (non-hydrogen) atoms. The summed E-state index contributed by atoms with van der Waals surface area (Å²) in [5.41, 5.74) is 0. The Balaban J connectivity index is 2.33. The van der Waals surface area contributed by atoms with Crippen molar-refractivity contribution in [1.29, 1.82) is 0 Å². The molecule has 1 saturated carbocycles. The van der Waals surface area contributed by atoms with Crippen molar-refractivity contribution < 1.29 is 0 Å². The van der Waals surface area contributed by atoms with Gasteiger partial charge in [-0.1, -0.05) is 20.8 Å². The van der Waals surface area contributed by atoms with Crippen LogP contribution in [0.5, 0.6) is 0 Å². The van der Waals surface area contributed by atoms with Crippen molar-refractivity contribution in [2.45, 2.75) is 32.6 Å². The summed E-state index contributed by atoms with van der Waals surface area (Å²) in [4.78, 5) is 0. The molecule has 0 heterocycles. The highest BCUT2D eigenvalue weighted by atomic mass is 35.5. The highest BCUT2D eigenvalue weighted by Gasteiger charge is 2.49. The van der Waals surface area contributed by atoms with Crippen LogP contribution in [0.4, 0.5) is 0 Å². The maximum atomic E-state index is 5.98. The van der Waals surface area contributed by atoms with Gasteiger partial charge < -0.3 is 0 Å². The Morgan fingerprint density at radius 2 is 2.11 bits per heavy atom. The lowest BCUT2D eigenvalue weighted by Crippen LogP contribution is -1.91. The zero-order valence-corrected chi connectivity index (χ0v) is 7.07. The minimum absolute atomic E-state index is 0.412. The maximum absolute atomic E-state index is 5.98. The third kappa shape index (κ3) is 1.24. The predicted molar refractivity (Wildman–Crippen MR) is 41.5 cm³/mol. The highest BCUT2D eigenvalue weighted by molar-refractivity contribution is 6.25. The summed E-state index contributed by atoms with van der Waals surface area (Å²) in [6, 6.07) is 0. The molecule has 0 amide bonds. The predicted octanol–water partition coefficient (Wildman–Crippen LogP) is 2.86. The first-order chi connectivity index (χ1) is 4.18. The molecule has 0 aliphatic heterocycles. The van der Waals surface area contributed by atoms with Crippen LogP contribution in [0.15, 0.2) is 0 Å². The van der Waals surface area contributed by atoms with Gasteiger partial charge in [0, 0.05) is 5.38 Å². The first kappa shape index (κ1) is 7.40. The second-order valence-electron chi connectivity index (χ2n) is 3.10. The van der Waals surface area contributed by atoms with Crippen molar-refractivity contribution >= 4 is 11.6 Å². The van der Waals surface area contributed by atoms with E-state index in [0.717, 1.165) is 11.8 Å². The topological polar surface area (TPSA) is 0 Å². The fraction of sp³-hybridized carbons (Fsp3) is 0.875. The zero-order valence-electron chi connectivity index (χ0n) is 6.32. The smallest absolute Gasteiger partial charge is 0.0438 e. The molecule has 53 valence electrons. The molecule has 0 spiro atoms. The van der Waals surface area contributed by atoms with Gasteiger partial charge in [-0.25, -0.2) is 0 Å². The Morgan fingerprint density at radius 3 is 2.22 bits per heavy atom. The van der Waals surface area contributed by atoms with Gasteiger partial charge in [0.2, 0.25) is 0 Å². The molecule has 0 saturated heterocycles. The highest BCUT2D eigenvalue weighted by Crippen LogP contribution is 2.52. The number of rotatable bonds is 2. The van der Waals surface area contributed by atoms with E-state index in [0.29, 0.717) is 5.38 Å². The van der Waals surface area contributed by atoms with Crippen LogP contribution in [0.25, 0.3) is 0 Å². The molecule has 2 unspecified atom stereocenters. The van der Waals surface area contributed by atoms with Crippen molar-refractivity contribution in [2.24, 2.45) is 11.8 Å². The van der Waals surface area contributed by atoms with Gasteiger partial charge in [-0.3, -0.25) is 0 Å². The minimum Gasteiger partial charge on any atom is -0.122 e. The van der Waals surface area contributed by atoms with Crippen LogP contribution in [-0.4, -0.2) is 5.38 Å². The molecule has 0 nitrogen and oxygen atoms in total. The Morgan fingerprint density at radius 1 is 1.56 bits per heavy atom. The molecule has 1 radical (unpaired) electrons. The lowest BCUT2D eigenvalue weighted by atomic mass is 10.1. The average Bonchev–Trinajstić information content (AvgIpc) is 2.40. The van der Waals surface area contributed by atoms with Gasteiger partial charge in [-0.05, 0) is 24.2 Å². The molecule has 1 heteroatoms. The van der Waals surface area contributed by atoms with E-state index in [1.807, 2.05) is 0 Å². The average molecular weight is 146 g/mol. The molecule has 0 bridgehead atoms. The van der Waals surface area contributed by atoms with Gasteiger partial charge in [0.1, 0.15) is 0 Å². The molecule has 1 rings (SSSR count). The molecule has 1 aliphatic carbocycles. The molecule has 0 N–H and O–H groups in total. The zero-order chi connectivity index (χ0) is 7.02. The molecule has 0 aromatic carbocycles. The first-order valence-electron chi connectivity index (χ1n) is 3.68. The molecule has 1 fully saturated rings. The minimum atomic E-state index is 0.412. The van der Waals surface area contributed by atoms with Crippen molar-refractivity contribution in [1.82, 2.24) is 0 Å². The number of alkyl halides is 1. The largest absolute Gasteiger partial charge is 0.122 e. The lowest BCUT2D eigenvalue weighted by molar-refractivity contribution is 0.566. The van der Waals surface area contributed by atoms with E-state index < -0.39 is 0 Å². The number of halogens is 1. The molecular weight excluding hydrogens is 132 g/mol. The van der Waals surface area contributed by atoms with Gasteiger partial charge >= 0.3 is 0 Å². The van der Waals surface area contributed by atoms with E-state index in [-0.39, 0.29) is 0 Å². The monoisotopic (exact) mass is 145 g/mol. The second kappa shape index (κ2) is 2.49.